The van der Waals surface area contributed by atoms with Crippen molar-refractivity contribution >= 4 is 23.4 Å². The molecule has 0 radical (unpaired) electrons. The highest BCUT2D eigenvalue weighted by Crippen LogP contribution is 2.42. The van der Waals surface area contributed by atoms with Crippen molar-refractivity contribution in [2.45, 2.75) is 75.2 Å². The van der Waals surface area contributed by atoms with Crippen molar-refractivity contribution < 1.29 is 4.74 Å². The molecule has 0 aromatic rings. The van der Waals surface area contributed by atoms with Crippen molar-refractivity contribution in [2.24, 2.45) is 0 Å². The first kappa shape index (κ1) is 14.0. The number of rotatable bonds is 5. The summed E-state index contributed by atoms with van der Waals surface area (Å²) in [5, 5.41) is 0.680. The Morgan fingerprint density at radius 1 is 1.29 bits per heavy atom. The van der Waals surface area contributed by atoms with Gasteiger partial charge in [0.15, 0.2) is 0 Å². The zero-order chi connectivity index (χ0) is 12.1. The largest absolute Gasteiger partial charge is 0.371 e. The molecule has 0 amide bonds. The van der Waals surface area contributed by atoms with E-state index in [2.05, 4.69) is 6.92 Å². The van der Waals surface area contributed by atoms with E-state index in [4.69, 9.17) is 16.3 Å². The zero-order valence-corrected chi connectivity index (χ0v) is 12.5. The van der Waals surface area contributed by atoms with Gasteiger partial charge in [0.05, 0.1) is 11.7 Å². The van der Waals surface area contributed by atoms with Crippen molar-refractivity contribution in [1.29, 1.82) is 0 Å². The molecule has 3 heteroatoms. The highest BCUT2D eigenvalue weighted by atomic mass is 35.5. The SMILES string of the molecule is CC(CCCl)SCC1CCC2(CCCCC2)O1. The van der Waals surface area contributed by atoms with E-state index < -0.39 is 0 Å². The first-order chi connectivity index (χ1) is 8.24. The molecule has 1 saturated heterocycles. The number of alkyl halides is 1. The number of halogens is 1. The molecule has 0 N–H and O–H groups in total. The van der Waals surface area contributed by atoms with Crippen LogP contribution < -0.4 is 0 Å². The van der Waals surface area contributed by atoms with E-state index >= 15 is 0 Å². The van der Waals surface area contributed by atoms with Gasteiger partial charge in [-0.1, -0.05) is 26.2 Å². The Kier molecular flexibility index (Phi) is 5.50. The molecule has 0 bridgehead atoms. The molecule has 2 atom stereocenters. The summed E-state index contributed by atoms with van der Waals surface area (Å²) < 4.78 is 6.36. The van der Waals surface area contributed by atoms with Crippen LogP contribution in [-0.4, -0.2) is 28.6 Å². The maximum Gasteiger partial charge on any atom is 0.0687 e. The van der Waals surface area contributed by atoms with Crippen LogP contribution in [0.3, 0.4) is 0 Å². The third kappa shape index (κ3) is 4.04. The quantitative estimate of drug-likeness (QED) is 0.678. The molecule has 100 valence electrons. The van der Waals surface area contributed by atoms with Gasteiger partial charge in [-0.25, -0.2) is 0 Å². The van der Waals surface area contributed by atoms with Crippen LogP contribution in [0.2, 0.25) is 0 Å². The van der Waals surface area contributed by atoms with E-state index in [1.54, 1.807) is 0 Å². The predicted octanol–water partition coefficient (Wildman–Crippen LogP) is 4.62. The number of hydrogen-bond donors (Lipinski definition) is 0. The van der Waals surface area contributed by atoms with E-state index in [9.17, 15) is 0 Å². The molecule has 2 rings (SSSR count). The van der Waals surface area contributed by atoms with Gasteiger partial charge in [0.2, 0.25) is 0 Å². The van der Waals surface area contributed by atoms with E-state index in [1.165, 1.54) is 50.7 Å². The molecule has 1 aliphatic heterocycles. The average molecular weight is 277 g/mol. The maximum atomic E-state index is 6.36. The molecule has 0 aromatic heterocycles. The van der Waals surface area contributed by atoms with Gasteiger partial charge in [-0.2, -0.15) is 11.8 Å². The Morgan fingerprint density at radius 3 is 2.76 bits per heavy atom. The van der Waals surface area contributed by atoms with Gasteiger partial charge in [-0.15, -0.1) is 11.6 Å². The summed E-state index contributed by atoms with van der Waals surface area (Å²) in [6.07, 6.45) is 11.0. The topological polar surface area (TPSA) is 9.23 Å². The third-order valence-electron chi connectivity index (χ3n) is 4.19. The third-order valence-corrected chi connectivity index (χ3v) is 5.77. The fraction of sp³-hybridized carbons (Fsp3) is 1.00. The minimum Gasteiger partial charge on any atom is -0.371 e. The minimum absolute atomic E-state index is 0.291. The van der Waals surface area contributed by atoms with Crippen LogP contribution in [-0.2, 0) is 4.74 Å². The van der Waals surface area contributed by atoms with E-state index in [1.807, 2.05) is 11.8 Å². The second-order valence-corrected chi connectivity index (χ2v) is 7.49. The lowest BCUT2D eigenvalue weighted by atomic mass is 9.83. The Hall–Kier alpha value is 0.600. The summed E-state index contributed by atoms with van der Waals surface area (Å²) in [6, 6.07) is 0. The van der Waals surface area contributed by atoms with Crippen LogP contribution in [0.1, 0.15) is 58.3 Å². The fourth-order valence-electron chi connectivity index (χ4n) is 3.09. The van der Waals surface area contributed by atoms with Gasteiger partial charge in [-0.05, 0) is 32.1 Å². The summed E-state index contributed by atoms with van der Waals surface area (Å²) in [6.45, 7) is 2.28. The zero-order valence-electron chi connectivity index (χ0n) is 10.9. The predicted molar refractivity (Wildman–Crippen MR) is 77.2 cm³/mol. The minimum atomic E-state index is 0.291. The lowest BCUT2D eigenvalue weighted by Crippen LogP contribution is -2.32. The molecule has 17 heavy (non-hydrogen) atoms. The molecular weight excluding hydrogens is 252 g/mol. The van der Waals surface area contributed by atoms with E-state index in [0.29, 0.717) is 17.0 Å². The molecule has 2 fully saturated rings. The first-order valence-electron chi connectivity index (χ1n) is 7.09. The van der Waals surface area contributed by atoms with Crippen molar-refractivity contribution in [2.75, 3.05) is 11.6 Å². The van der Waals surface area contributed by atoms with Gasteiger partial charge in [0.25, 0.3) is 0 Å². The smallest absolute Gasteiger partial charge is 0.0687 e. The first-order valence-corrected chi connectivity index (χ1v) is 8.68. The second-order valence-electron chi connectivity index (χ2n) is 5.64. The van der Waals surface area contributed by atoms with Crippen molar-refractivity contribution in [3.8, 4) is 0 Å². The molecule has 2 unspecified atom stereocenters. The summed E-state index contributed by atoms with van der Waals surface area (Å²) in [7, 11) is 0. The number of thioether (sulfide) groups is 1. The lowest BCUT2D eigenvalue weighted by molar-refractivity contribution is -0.0555. The van der Waals surface area contributed by atoms with Gasteiger partial charge in [0.1, 0.15) is 0 Å². The van der Waals surface area contributed by atoms with E-state index in [0.717, 1.165) is 12.3 Å². The Labute approximate surface area is 115 Å². The van der Waals surface area contributed by atoms with Gasteiger partial charge < -0.3 is 4.74 Å². The molecule has 0 aromatic carbocycles. The normalized spacial score (nSPS) is 29.6. The fourth-order valence-corrected chi connectivity index (χ4v) is 4.60. The molecule has 2 aliphatic rings. The van der Waals surface area contributed by atoms with E-state index in [-0.39, 0.29) is 0 Å². The summed E-state index contributed by atoms with van der Waals surface area (Å²) in [4.78, 5) is 0. The van der Waals surface area contributed by atoms with Crippen LogP contribution >= 0.6 is 23.4 Å². The van der Waals surface area contributed by atoms with Crippen molar-refractivity contribution in [1.82, 2.24) is 0 Å². The maximum absolute atomic E-state index is 6.36. The van der Waals surface area contributed by atoms with Gasteiger partial charge >= 0.3 is 0 Å². The molecule has 1 heterocycles. The Balaban J connectivity index is 1.70. The summed E-state index contributed by atoms with van der Waals surface area (Å²) in [5.41, 5.74) is 0.291. The van der Waals surface area contributed by atoms with Gasteiger partial charge in [0, 0.05) is 16.9 Å². The molecule has 1 spiro atoms. The van der Waals surface area contributed by atoms with Crippen molar-refractivity contribution in [3.63, 3.8) is 0 Å². The highest BCUT2D eigenvalue weighted by Gasteiger charge is 2.40. The summed E-state index contributed by atoms with van der Waals surface area (Å²) in [5.74, 6) is 1.95. The van der Waals surface area contributed by atoms with Crippen LogP contribution in [0.15, 0.2) is 0 Å². The van der Waals surface area contributed by atoms with Gasteiger partial charge in [-0.3, -0.25) is 0 Å². The Bertz CT molecular complexity index is 228. The van der Waals surface area contributed by atoms with Crippen molar-refractivity contribution in [3.05, 3.63) is 0 Å². The highest BCUT2D eigenvalue weighted by molar-refractivity contribution is 7.99. The second kappa shape index (κ2) is 6.68. The number of ether oxygens (including phenoxy) is 1. The van der Waals surface area contributed by atoms with Crippen LogP contribution in [0.4, 0.5) is 0 Å². The lowest BCUT2D eigenvalue weighted by Gasteiger charge is -2.33. The molecule has 1 nitrogen and oxygen atoms in total. The Morgan fingerprint density at radius 2 is 2.06 bits per heavy atom. The average Bonchev–Trinajstić information content (AvgIpc) is 2.71. The van der Waals surface area contributed by atoms with Crippen LogP contribution in [0.25, 0.3) is 0 Å². The monoisotopic (exact) mass is 276 g/mol. The molecule has 1 saturated carbocycles. The number of hydrogen-bond acceptors (Lipinski definition) is 2. The van der Waals surface area contributed by atoms with Crippen LogP contribution in [0, 0.1) is 0 Å². The molecule has 1 aliphatic carbocycles. The van der Waals surface area contributed by atoms with Crippen LogP contribution in [0.5, 0.6) is 0 Å². The molecular formula is C14H25ClOS. The summed E-state index contributed by atoms with van der Waals surface area (Å²) >= 11 is 7.80. The standard InChI is InChI=1S/C14H25ClOS/c1-12(6-10-15)17-11-13-5-9-14(16-13)7-3-2-4-8-14/h12-13H,2-11H2,1H3.